The molecule has 2 aliphatic rings. The summed E-state index contributed by atoms with van der Waals surface area (Å²) in [6.07, 6.45) is 6.98. The molecule has 1 aromatic rings. The molecule has 0 saturated heterocycles. The van der Waals surface area contributed by atoms with Crippen LogP contribution in [-0.4, -0.2) is 6.04 Å². The van der Waals surface area contributed by atoms with Crippen molar-refractivity contribution in [3.63, 3.8) is 0 Å². The highest BCUT2D eigenvalue weighted by atomic mass is 15.0. The Labute approximate surface area is 105 Å². The lowest BCUT2D eigenvalue weighted by Crippen LogP contribution is -2.43. The van der Waals surface area contributed by atoms with E-state index >= 15 is 0 Å². The largest absolute Gasteiger partial charge is 0.381 e. The molecule has 1 heterocycles. The van der Waals surface area contributed by atoms with Gasteiger partial charge in [-0.2, -0.15) is 0 Å². The third-order valence-electron chi connectivity index (χ3n) is 4.78. The normalized spacial score (nSPS) is 25.9. The van der Waals surface area contributed by atoms with Gasteiger partial charge in [-0.1, -0.05) is 51.3 Å². The molecule has 1 heteroatoms. The number of fused-ring (bicyclic) bond motifs is 2. The van der Waals surface area contributed by atoms with E-state index < -0.39 is 0 Å². The molecule has 1 aliphatic carbocycles. The van der Waals surface area contributed by atoms with E-state index in [1.54, 1.807) is 5.56 Å². The summed E-state index contributed by atoms with van der Waals surface area (Å²) in [5, 5.41) is 3.79. The molecule has 0 amide bonds. The van der Waals surface area contributed by atoms with Crippen molar-refractivity contribution in [1.29, 1.82) is 0 Å². The molecule has 0 radical (unpaired) electrons. The van der Waals surface area contributed by atoms with Crippen LogP contribution in [0.4, 0.5) is 5.69 Å². The molecule has 1 spiro atoms. The van der Waals surface area contributed by atoms with Crippen LogP contribution in [0, 0.1) is 5.92 Å². The number of hydrogen-bond acceptors (Lipinski definition) is 1. The standard InChI is InChI=1S/C16H23N/c1-12(2)15-16(10-6-3-7-11-16)13-8-4-5-9-14(13)17-15/h4-5,8-9,12,15,17H,3,6-7,10-11H2,1-2H3. The molecule has 1 saturated carbocycles. The molecule has 0 aromatic heterocycles. The van der Waals surface area contributed by atoms with Gasteiger partial charge < -0.3 is 5.32 Å². The number of anilines is 1. The second-order valence-corrected chi connectivity index (χ2v) is 6.13. The summed E-state index contributed by atoms with van der Waals surface area (Å²) in [6.45, 7) is 4.72. The van der Waals surface area contributed by atoms with Gasteiger partial charge in [-0.15, -0.1) is 0 Å². The maximum atomic E-state index is 3.79. The molecule has 1 aliphatic heterocycles. The molecule has 1 unspecified atom stereocenters. The second-order valence-electron chi connectivity index (χ2n) is 6.13. The van der Waals surface area contributed by atoms with Crippen molar-refractivity contribution in [3.8, 4) is 0 Å². The van der Waals surface area contributed by atoms with Crippen molar-refractivity contribution < 1.29 is 0 Å². The summed E-state index contributed by atoms with van der Waals surface area (Å²) in [5.74, 6) is 0.709. The predicted octanol–water partition coefficient (Wildman–Crippen LogP) is 4.34. The van der Waals surface area contributed by atoms with Crippen LogP contribution in [0.3, 0.4) is 0 Å². The van der Waals surface area contributed by atoms with Crippen LogP contribution in [0.25, 0.3) is 0 Å². The first-order valence-electron chi connectivity index (χ1n) is 7.10. The van der Waals surface area contributed by atoms with Crippen molar-refractivity contribution in [2.75, 3.05) is 5.32 Å². The third kappa shape index (κ3) is 1.59. The van der Waals surface area contributed by atoms with Gasteiger partial charge in [0.05, 0.1) is 0 Å². The summed E-state index contributed by atoms with van der Waals surface area (Å²) in [5.41, 5.74) is 3.43. The van der Waals surface area contributed by atoms with Gasteiger partial charge in [-0.3, -0.25) is 0 Å². The summed E-state index contributed by atoms with van der Waals surface area (Å²) >= 11 is 0. The lowest BCUT2D eigenvalue weighted by atomic mass is 9.64. The molecule has 0 bridgehead atoms. The predicted molar refractivity (Wildman–Crippen MR) is 73.5 cm³/mol. The second kappa shape index (κ2) is 4.04. The van der Waals surface area contributed by atoms with Gasteiger partial charge in [0.25, 0.3) is 0 Å². The summed E-state index contributed by atoms with van der Waals surface area (Å²) < 4.78 is 0. The minimum Gasteiger partial charge on any atom is -0.381 e. The van der Waals surface area contributed by atoms with Gasteiger partial charge in [-0.05, 0) is 30.4 Å². The Hall–Kier alpha value is -0.980. The van der Waals surface area contributed by atoms with Crippen molar-refractivity contribution in [2.45, 2.75) is 57.4 Å². The van der Waals surface area contributed by atoms with Crippen LogP contribution in [0.1, 0.15) is 51.5 Å². The Morgan fingerprint density at radius 1 is 1.12 bits per heavy atom. The Bertz CT molecular complexity index is 402. The topological polar surface area (TPSA) is 12.0 Å². The van der Waals surface area contributed by atoms with E-state index in [1.165, 1.54) is 37.8 Å². The van der Waals surface area contributed by atoms with E-state index in [9.17, 15) is 0 Å². The average Bonchev–Trinajstić information content (AvgIpc) is 2.66. The zero-order chi connectivity index (χ0) is 11.9. The molecule has 3 rings (SSSR count). The quantitative estimate of drug-likeness (QED) is 0.755. The van der Waals surface area contributed by atoms with Crippen molar-refractivity contribution >= 4 is 5.69 Å². The molecule has 92 valence electrons. The number of hydrogen-bond donors (Lipinski definition) is 1. The van der Waals surface area contributed by atoms with Crippen LogP contribution < -0.4 is 5.32 Å². The van der Waals surface area contributed by atoms with Gasteiger partial charge in [-0.25, -0.2) is 0 Å². The lowest BCUT2D eigenvalue weighted by molar-refractivity contribution is 0.234. The SMILES string of the molecule is CC(C)C1Nc2ccccc2C12CCCCC2. The minimum atomic E-state index is 0.434. The van der Waals surface area contributed by atoms with E-state index in [0.717, 1.165) is 0 Å². The van der Waals surface area contributed by atoms with Crippen LogP contribution in [0.2, 0.25) is 0 Å². The van der Waals surface area contributed by atoms with E-state index in [-0.39, 0.29) is 0 Å². The molecule has 1 N–H and O–H groups in total. The van der Waals surface area contributed by atoms with Crippen molar-refractivity contribution in [1.82, 2.24) is 0 Å². The van der Waals surface area contributed by atoms with E-state index in [4.69, 9.17) is 0 Å². The van der Waals surface area contributed by atoms with Crippen molar-refractivity contribution in [2.24, 2.45) is 5.92 Å². The average molecular weight is 229 g/mol. The van der Waals surface area contributed by atoms with Gasteiger partial charge in [0.1, 0.15) is 0 Å². The van der Waals surface area contributed by atoms with Crippen molar-refractivity contribution in [3.05, 3.63) is 29.8 Å². The van der Waals surface area contributed by atoms with E-state index in [2.05, 4.69) is 43.4 Å². The monoisotopic (exact) mass is 229 g/mol. The third-order valence-corrected chi connectivity index (χ3v) is 4.78. The fraction of sp³-hybridized carbons (Fsp3) is 0.625. The number of nitrogens with one attached hydrogen (secondary N) is 1. The highest BCUT2D eigenvalue weighted by Crippen LogP contribution is 2.51. The Kier molecular flexibility index (Phi) is 2.65. The summed E-state index contributed by atoms with van der Waals surface area (Å²) in [4.78, 5) is 0. The van der Waals surface area contributed by atoms with Crippen LogP contribution in [-0.2, 0) is 5.41 Å². The first-order chi connectivity index (χ1) is 8.24. The maximum absolute atomic E-state index is 3.79. The first-order valence-corrected chi connectivity index (χ1v) is 7.10. The Balaban J connectivity index is 2.06. The number of benzene rings is 1. The molecular weight excluding hydrogens is 206 g/mol. The zero-order valence-corrected chi connectivity index (χ0v) is 11.0. The molecule has 1 atom stereocenters. The molecular formula is C16H23N. The number of para-hydroxylation sites is 1. The van der Waals surface area contributed by atoms with Crippen LogP contribution in [0.5, 0.6) is 0 Å². The highest BCUT2D eigenvalue weighted by Gasteiger charge is 2.47. The van der Waals surface area contributed by atoms with Gasteiger partial charge in [0.15, 0.2) is 0 Å². The van der Waals surface area contributed by atoms with Gasteiger partial charge >= 0.3 is 0 Å². The lowest BCUT2D eigenvalue weighted by Gasteiger charge is -2.41. The van der Waals surface area contributed by atoms with E-state index in [0.29, 0.717) is 17.4 Å². The van der Waals surface area contributed by atoms with Crippen LogP contribution >= 0.6 is 0 Å². The molecule has 1 fully saturated rings. The van der Waals surface area contributed by atoms with Gasteiger partial charge in [0, 0.05) is 17.1 Å². The Morgan fingerprint density at radius 3 is 2.53 bits per heavy atom. The zero-order valence-electron chi connectivity index (χ0n) is 11.0. The molecule has 1 aromatic carbocycles. The smallest absolute Gasteiger partial charge is 0.0381 e. The maximum Gasteiger partial charge on any atom is 0.0381 e. The molecule has 17 heavy (non-hydrogen) atoms. The highest BCUT2D eigenvalue weighted by molar-refractivity contribution is 5.62. The number of rotatable bonds is 1. The first kappa shape index (κ1) is 11.1. The van der Waals surface area contributed by atoms with Crippen LogP contribution in [0.15, 0.2) is 24.3 Å². The molecule has 1 nitrogen and oxygen atoms in total. The summed E-state index contributed by atoms with van der Waals surface area (Å²) in [6, 6.07) is 9.62. The van der Waals surface area contributed by atoms with Gasteiger partial charge in [0.2, 0.25) is 0 Å². The fourth-order valence-corrected chi connectivity index (χ4v) is 4.08. The Morgan fingerprint density at radius 2 is 1.82 bits per heavy atom. The van der Waals surface area contributed by atoms with E-state index in [1.807, 2.05) is 0 Å². The minimum absolute atomic E-state index is 0.434. The summed E-state index contributed by atoms with van der Waals surface area (Å²) in [7, 11) is 0. The fourth-order valence-electron chi connectivity index (χ4n) is 4.08.